The molecule has 0 radical (unpaired) electrons. The van der Waals surface area contributed by atoms with E-state index in [0.29, 0.717) is 10.5 Å². The van der Waals surface area contributed by atoms with Crippen LogP contribution in [0, 0.1) is 0 Å². The van der Waals surface area contributed by atoms with Crippen molar-refractivity contribution >= 4 is 26.7 Å². The summed E-state index contributed by atoms with van der Waals surface area (Å²) in [5.41, 5.74) is 0. The van der Waals surface area contributed by atoms with E-state index in [0.717, 1.165) is 6.08 Å². The Morgan fingerprint density at radius 1 is 1.75 bits per heavy atom. The van der Waals surface area contributed by atoms with E-state index in [2.05, 4.69) is 17.6 Å². The summed E-state index contributed by atoms with van der Waals surface area (Å²) in [5, 5.41) is 0. The maximum Gasteiger partial charge on any atom is 0.316 e. The fraction of sp³-hybridized carbons (Fsp3) is 0.250. The molecule has 0 aromatic rings. The fourth-order valence-electron chi connectivity index (χ4n) is 0.0833. The summed E-state index contributed by atoms with van der Waals surface area (Å²) in [7, 11) is 1.77. The zero-order valence-corrected chi connectivity index (χ0v) is 9.60. The first-order valence-electron chi connectivity index (χ1n) is 2.51. The zero-order chi connectivity index (χ0) is 6.99. The average Bonchev–Trinajstić information content (AvgIpc) is 1.91. The summed E-state index contributed by atoms with van der Waals surface area (Å²) in [6.07, 6.45) is 1.15. The number of carbonyl (C=O) groups excluding carboxylic acids is 1. The van der Waals surface area contributed by atoms with Crippen LogP contribution >= 0.6 is 0 Å². The highest BCUT2D eigenvalue weighted by atomic mass is 28.2. The summed E-state index contributed by atoms with van der Waals surface area (Å²) in [5.74, 6) is -0.332. The van der Waals surface area contributed by atoms with E-state index < -0.39 is 0 Å². The average molecular weight is 148 g/mol. The minimum Gasteiger partial charge on any atom is -0.526 e. The molecule has 0 heterocycles. The number of hydrogen-bond acceptors (Lipinski definition) is 2. The van der Waals surface area contributed by atoms with Gasteiger partial charge in [-0.1, -0.05) is 13.1 Å². The van der Waals surface area contributed by atoms with Crippen LogP contribution in [0.4, 0.5) is 0 Å². The topological polar surface area (TPSA) is 26.3 Å². The van der Waals surface area contributed by atoms with Crippen LogP contribution in [0.3, 0.4) is 0 Å². The molecule has 48 valence electrons. The molecule has 0 saturated carbocycles. The van der Waals surface area contributed by atoms with Crippen LogP contribution in [0.2, 0.25) is 6.55 Å². The van der Waals surface area contributed by atoms with E-state index in [1.54, 1.807) is 0 Å². The molecule has 0 aromatic heterocycles. The second-order valence-corrected chi connectivity index (χ2v) is 1.14. The van der Waals surface area contributed by atoms with Crippen molar-refractivity contribution in [3.05, 3.63) is 12.7 Å². The van der Waals surface area contributed by atoms with E-state index in [9.17, 15) is 4.79 Å². The van der Waals surface area contributed by atoms with Crippen LogP contribution in [-0.2, 0) is 9.22 Å². The van der Waals surface area contributed by atoms with Gasteiger partial charge in [0.25, 0.3) is 0 Å². The lowest BCUT2D eigenvalue weighted by atomic mass is 10.7. The minimum absolute atomic E-state index is 0.332. The highest BCUT2D eigenvalue weighted by molar-refractivity contribution is 6.07. The molecule has 0 saturated heterocycles. The molecule has 0 N–H and O–H groups in total. The lowest BCUT2D eigenvalue weighted by molar-refractivity contribution is -0.128. The summed E-state index contributed by atoms with van der Waals surface area (Å²) in [6.45, 7) is 5.32. The summed E-state index contributed by atoms with van der Waals surface area (Å²) >= 11 is 0. The molecule has 0 unspecified atom stereocenters. The van der Waals surface area contributed by atoms with Crippen molar-refractivity contribution in [3.63, 3.8) is 0 Å². The standard InChI is InChI=1S/C3H6O2Si.CH6Si/c1-2-3(4)5-6;1-2/h2H,1H2,6H3;1-2H3. The van der Waals surface area contributed by atoms with Crippen molar-refractivity contribution in [2.75, 3.05) is 0 Å². The summed E-state index contributed by atoms with van der Waals surface area (Å²) < 4.78 is 4.28. The number of carbonyl (C=O) groups is 1. The van der Waals surface area contributed by atoms with Gasteiger partial charge in [0.05, 0.1) is 0 Å². The summed E-state index contributed by atoms with van der Waals surface area (Å²) in [4.78, 5) is 9.88. The molecule has 2 nitrogen and oxygen atoms in total. The quantitative estimate of drug-likeness (QED) is 0.331. The van der Waals surface area contributed by atoms with Crippen LogP contribution < -0.4 is 0 Å². The largest absolute Gasteiger partial charge is 0.526 e. The van der Waals surface area contributed by atoms with Crippen molar-refractivity contribution in [1.29, 1.82) is 0 Å². The highest BCUT2D eigenvalue weighted by Gasteiger charge is 1.81. The smallest absolute Gasteiger partial charge is 0.316 e. The predicted octanol–water partition coefficient (Wildman–Crippen LogP) is -1.60. The van der Waals surface area contributed by atoms with Gasteiger partial charge >= 0.3 is 5.97 Å². The van der Waals surface area contributed by atoms with Crippen molar-refractivity contribution in [2.45, 2.75) is 6.55 Å². The molecular weight excluding hydrogens is 136 g/mol. The van der Waals surface area contributed by atoms with Gasteiger partial charge in [0.2, 0.25) is 10.5 Å². The Morgan fingerprint density at radius 2 is 2.12 bits per heavy atom. The predicted molar refractivity (Wildman–Crippen MR) is 42.0 cm³/mol. The zero-order valence-electron chi connectivity index (χ0n) is 5.60. The second-order valence-electron chi connectivity index (χ2n) is 0.727. The van der Waals surface area contributed by atoms with Gasteiger partial charge in [0, 0.05) is 6.08 Å². The van der Waals surface area contributed by atoms with Gasteiger partial charge in [-0.25, -0.2) is 4.79 Å². The van der Waals surface area contributed by atoms with Crippen LogP contribution in [0.15, 0.2) is 12.7 Å². The molecule has 0 spiro atoms. The van der Waals surface area contributed by atoms with Gasteiger partial charge in [0.1, 0.15) is 0 Å². The Labute approximate surface area is 55.9 Å². The molecule has 0 amide bonds. The fourth-order valence-corrected chi connectivity index (χ4v) is 0.250. The molecule has 8 heavy (non-hydrogen) atoms. The molecular formula is C4H12O2Si2. The number of rotatable bonds is 1. The minimum atomic E-state index is -0.332. The van der Waals surface area contributed by atoms with Gasteiger partial charge in [-0.3, -0.25) is 0 Å². The maximum absolute atomic E-state index is 9.88. The van der Waals surface area contributed by atoms with Crippen LogP contribution in [0.5, 0.6) is 0 Å². The first-order chi connectivity index (χ1) is 3.81. The van der Waals surface area contributed by atoms with Gasteiger partial charge in [-0.05, 0) is 10.2 Å². The monoisotopic (exact) mass is 148 g/mol. The van der Waals surface area contributed by atoms with Crippen molar-refractivity contribution in [2.24, 2.45) is 0 Å². The van der Waals surface area contributed by atoms with Crippen LogP contribution in [0.1, 0.15) is 0 Å². The van der Waals surface area contributed by atoms with E-state index in [4.69, 9.17) is 0 Å². The third kappa shape index (κ3) is 9.17. The van der Waals surface area contributed by atoms with Gasteiger partial charge in [0.15, 0.2) is 0 Å². The number of hydrogen-bond donors (Lipinski definition) is 0. The molecule has 0 atom stereocenters. The van der Waals surface area contributed by atoms with Gasteiger partial charge in [-0.2, -0.15) is 0 Å². The third-order valence-electron chi connectivity index (χ3n) is 0.368. The molecule has 4 heteroatoms. The van der Waals surface area contributed by atoms with Crippen molar-refractivity contribution < 1.29 is 9.22 Å². The Morgan fingerprint density at radius 3 is 2.12 bits per heavy atom. The first kappa shape index (κ1) is 10.6. The molecule has 0 aliphatic carbocycles. The molecule has 0 aliphatic heterocycles. The highest BCUT2D eigenvalue weighted by Crippen LogP contribution is 1.66. The van der Waals surface area contributed by atoms with Gasteiger partial charge < -0.3 is 4.43 Å². The Hall–Kier alpha value is -0.356. The van der Waals surface area contributed by atoms with Crippen molar-refractivity contribution in [1.82, 2.24) is 0 Å². The molecule has 0 aromatic carbocycles. The summed E-state index contributed by atoms with van der Waals surface area (Å²) in [6, 6.07) is 0. The molecule has 0 aliphatic rings. The van der Waals surface area contributed by atoms with Crippen molar-refractivity contribution in [3.8, 4) is 0 Å². The Balaban J connectivity index is 0. The van der Waals surface area contributed by atoms with E-state index in [1.807, 2.05) is 0 Å². The van der Waals surface area contributed by atoms with Crippen LogP contribution in [0.25, 0.3) is 0 Å². The van der Waals surface area contributed by atoms with E-state index in [1.165, 1.54) is 10.2 Å². The van der Waals surface area contributed by atoms with E-state index >= 15 is 0 Å². The lowest BCUT2D eigenvalue weighted by Crippen LogP contribution is -1.93. The van der Waals surface area contributed by atoms with Gasteiger partial charge in [-0.15, -0.1) is 0 Å². The molecule has 0 bridgehead atoms. The van der Waals surface area contributed by atoms with E-state index in [-0.39, 0.29) is 5.97 Å². The Kier molecular flexibility index (Phi) is 13.0. The third-order valence-corrected chi connectivity index (χ3v) is 0.770. The first-order valence-corrected chi connectivity index (χ1v) is 5.33. The normalized spacial score (nSPS) is 6.62. The maximum atomic E-state index is 9.88. The second kappa shape index (κ2) is 9.81. The Bertz CT molecular complexity index is 72.4. The molecule has 0 rings (SSSR count). The lowest BCUT2D eigenvalue weighted by Gasteiger charge is -1.84. The van der Waals surface area contributed by atoms with Crippen LogP contribution in [-0.4, -0.2) is 26.7 Å². The SMILES string of the molecule is C=CC(=O)O[SiH3].C[SiH3]. The molecule has 0 fully saturated rings.